The van der Waals surface area contributed by atoms with Crippen molar-refractivity contribution in [1.29, 1.82) is 0 Å². The van der Waals surface area contributed by atoms with Crippen LogP contribution in [-0.4, -0.2) is 57.3 Å². The second kappa shape index (κ2) is 5.88. The molecular weight excluding hydrogens is 248 g/mol. The Kier molecular flexibility index (Phi) is 4.92. The molecule has 6 heteroatoms. The molecule has 19 heavy (non-hydrogen) atoms. The summed E-state index contributed by atoms with van der Waals surface area (Å²) in [5.74, 6) is -1.20. The van der Waals surface area contributed by atoms with Crippen molar-refractivity contribution < 1.29 is 19.8 Å². The lowest BCUT2D eigenvalue weighted by Gasteiger charge is -2.31. The minimum atomic E-state index is -0.994. The molecule has 0 radical (unpaired) electrons. The van der Waals surface area contributed by atoms with Crippen molar-refractivity contribution in [3.8, 4) is 0 Å². The maximum atomic E-state index is 12.2. The lowest BCUT2D eigenvalue weighted by Crippen LogP contribution is -2.54. The van der Waals surface area contributed by atoms with Crippen LogP contribution in [0.1, 0.15) is 40.5 Å². The largest absolute Gasteiger partial charge is 0.480 e. The number of likely N-dealkylation sites (tertiary alicyclic amines) is 1. The Bertz CT molecular complexity index is 357. The lowest BCUT2D eigenvalue weighted by molar-refractivity contribution is -0.144. The molecule has 0 aliphatic carbocycles. The first-order valence-corrected chi connectivity index (χ1v) is 6.66. The average Bonchev–Trinajstić information content (AvgIpc) is 2.70. The van der Waals surface area contributed by atoms with Gasteiger partial charge >= 0.3 is 5.97 Å². The Balaban J connectivity index is 2.73. The number of carbonyl (C=O) groups excluding carboxylic acids is 1. The first-order valence-electron chi connectivity index (χ1n) is 6.66. The van der Waals surface area contributed by atoms with E-state index in [1.165, 1.54) is 0 Å². The van der Waals surface area contributed by atoms with Gasteiger partial charge in [-0.3, -0.25) is 14.5 Å². The second-order valence-electron chi connectivity index (χ2n) is 5.84. The van der Waals surface area contributed by atoms with Gasteiger partial charge in [0.05, 0.1) is 12.1 Å². The van der Waals surface area contributed by atoms with Gasteiger partial charge in [-0.05, 0) is 27.2 Å². The number of nitrogens with zero attached hydrogens (tertiary/aromatic N) is 1. The number of carboxylic acids is 1. The summed E-state index contributed by atoms with van der Waals surface area (Å²) in [4.78, 5) is 24.8. The minimum absolute atomic E-state index is 0.171. The summed E-state index contributed by atoms with van der Waals surface area (Å²) in [6, 6.07) is -1.36. The number of carboxylic acid groups (broad SMARTS) is 1. The standard InChI is InChI=1S/C13H24N2O4/c1-5-13(3,4)14-11(17)8(2)15-7-9(16)6-10(15)12(18)19/h8-10,16H,5-7H2,1-4H3,(H,14,17)(H,18,19). The zero-order valence-corrected chi connectivity index (χ0v) is 12.0. The molecule has 1 heterocycles. The molecule has 1 aliphatic rings. The van der Waals surface area contributed by atoms with E-state index in [0.29, 0.717) is 0 Å². The van der Waals surface area contributed by atoms with E-state index in [1.54, 1.807) is 11.8 Å². The van der Waals surface area contributed by atoms with Crippen molar-refractivity contribution in [3.05, 3.63) is 0 Å². The lowest BCUT2D eigenvalue weighted by atomic mass is 10.0. The molecule has 3 atom stereocenters. The van der Waals surface area contributed by atoms with Crippen LogP contribution in [0.3, 0.4) is 0 Å². The zero-order valence-electron chi connectivity index (χ0n) is 12.0. The Morgan fingerprint density at radius 2 is 2.05 bits per heavy atom. The normalized spacial score (nSPS) is 26.2. The Labute approximate surface area is 113 Å². The molecule has 0 saturated carbocycles. The highest BCUT2D eigenvalue weighted by molar-refractivity contribution is 5.83. The molecule has 0 aromatic carbocycles. The summed E-state index contributed by atoms with van der Waals surface area (Å²) in [6.07, 6.45) is 0.274. The maximum absolute atomic E-state index is 12.2. The van der Waals surface area contributed by atoms with Gasteiger partial charge in [-0.2, -0.15) is 0 Å². The Morgan fingerprint density at radius 3 is 2.53 bits per heavy atom. The summed E-state index contributed by atoms with van der Waals surface area (Å²) in [6.45, 7) is 7.72. The van der Waals surface area contributed by atoms with Gasteiger partial charge in [-0.1, -0.05) is 6.92 Å². The van der Waals surface area contributed by atoms with Gasteiger partial charge < -0.3 is 15.5 Å². The third kappa shape index (κ3) is 3.91. The van der Waals surface area contributed by atoms with E-state index in [0.717, 1.165) is 6.42 Å². The number of carbonyl (C=O) groups is 2. The molecule has 3 unspecified atom stereocenters. The molecule has 1 saturated heterocycles. The molecule has 110 valence electrons. The fraction of sp³-hybridized carbons (Fsp3) is 0.846. The average molecular weight is 272 g/mol. The van der Waals surface area contributed by atoms with Crippen LogP contribution in [0.2, 0.25) is 0 Å². The number of nitrogens with one attached hydrogen (secondary N) is 1. The van der Waals surface area contributed by atoms with Gasteiger partial charge in [-0.25, -0.2) is 0 Å². The number of aliphatic carboxylic acids is 1. The van der Waals surface area contributed by atoms with Crippen molar-refractivity contribution in [1.82, 2.24) is 10.2 Å². The van der Waals surface area contributed by atoms with E-state index in [-0.39, 0.29) is 24.4 Å². The van der Waals surface area contributed by atoms with Crippen LogP contribution in [0.25, 0.3) is 0 Å². The summed E-state index contributed by atoms with van der Waals surface area (Å²) >= 11 is 0. The third-order valence-electron chi connectivity index (χ3n) is 3.82. The maximum Gasteiger partial charge on any atom is 0.321 e. The van der Waals surface area contributed by atoms with E-state index < -0.39 is 24.2 Å². The van der Waals surface area contributed by atoms with Crippen LogP contribution < -0.4 is 5.32 Å². The second-order valence-corrected chi connectivity index (χ2v) is 5.84. The Morgan fingerprint density at radius 1 is 1.47 bits per heavy atom. The molecule has 1 amide bonds. The van der Waals surface area contributed by atoms with E-state index in [1.807, 2.05) is 20.8 Å². The van der Waals surface area contributed by atoms with Gasteiger partial charge in [0.1, 0.15) is 6.04 Å². The molecule has 0 aromatic rings. The highest BCUT2D eigenvalue weighted by atomic mass is 16.4. The number of hydrogen-bond acceptors (Lipinski definition) is 4. The molecule has 3 N–H and O–H groups in total. The number of hydrogen-bond donors (Lipinski definition) is 3. The number of aliphatic hydroxyl groups is 1. The quantitative estimate of drug-likeness (QED) is 0.665. The van der Waals surface area contributed by atoms with Crippen molar-refractivity contribution >= 4 is 11.9 Å². The fourth-order valence-corrected chi connectivity index (χ4v) is 2.19. The van der Waals surface area contributed by atoms with Gasteiger partial charge in [0.15, 0.2) is 0 Å². The first kappa shape index (κ1) is 15.9. The molecule has 1 fully saturated rings. The summed E-state index contributed by atoms with van der Waals surface area (Å²) in [7, 11) is 0. The molecule has 0 bridgehead atoms. The van der Waals surface area contributed by atoms with Crippen molar-refractivity contribution in [2.45, 2.75) is 64.3 Å². The number of rotatable bonds is 5. The van der Waals surface area contributed by atoms with Crippen LogP contribution in [0.4, 0.5) is 0 Å². The molecule has 0 spiro atoms. The van der Waals surface area contributed by atoms with Crippen LogP contribution in [-0.2, 0) is 9.59 Å². The Hall–Kier alpha value is -1.14. The molecular formula is C13H24N2O4. The predicted molar refractivity (Wildman–Crippen MR) is 70.7 cm³/mol. The highest BCUT2D eigenvalue weighted by Crippen LogP contribution is 2.21. The van der Waals surface area contributed by atoms with Crippen LogP contribution in [0.5, 0.6) is 0 Å². The molecule has 0 aromatic heterocycles. The van der Waals surface area contributed by atoms with Crippen LogP contribution >= 0.6 is 0 Å². The smallest absolute Gasteiger partial charge is 0.321 e. The van der Waals surface area contributed by atoms with Crippen LogP contribution in [0, 0.1) is 0 Å². The minimum Gasteiger partial charge on any atom is -0.480 e. The topological polar surface area (TPSA) is 89.9 Å². The van der Waals surface area contributed by atoms with Gasteiger partial charge in [0.2, 0.25) is 5.91 Å². The fourth-order valence-electron chi connectivity index (χ4n) is 2.19. The number of amides is 1. The van der Waals surface area contributed by atoms with Gasteiger partial charge in [-0.15, -0.1) is 0 Å². The van der Waals surface area contributed by atoms with E-state index in [9.17, 15) is 14.7 Å². The first-order chi connectivity index (χ1) is 8.68. The van der Waals surface area contributed by atoms with Crippen LogP contribution in [0.15, 0.2) is 0 Å². The number of aliphatic hydroxyl groups excluding tert-OH is 1. The monoisotopic (exact) mass is 272 g/mol. The third-order valence-corrected chi connectivity index (χ3v) is 3.82. The predicted octanol–water partition coefficient (Wildman–Crippen LogP) is 0.200. The summed E-state index contributed by atoms with van der Waals surface area (Å²) in [5, 5.41) is 21.6. The van der Waals surface area contributed by atoms with Crippen molar-refractivity contribution in [3.63, 3.8) is 0 Å². The molecule has 6 nitrogen and oxygen atoms in total. The SMILES string of the molecule is CCC(C)(C)NC(=O)C(C)N1CC(O)CC1C(=O)O. The highest BCUT2D eigenvalue weighted by Gasteiger charge is 2.41. The molecule has 1 rings (SSSR count). The summed E-state index contributed by atoms with van der Waals surface area (Å²) < 4.78 is 0. The van der Waals surface area contributed by atoms with E-state index in [2.05, 4.69) is 5.32 Å². The van der Waals surface area contributed by atoms with Crippen molar-refractivity contribution in [2.75, 3.05) is 6.54 Å². The van der Waals surface area contributed by atoms with Gasteiger partial charge in [0.25, 0.3) is 0 Å². The zero-order chi connectivity index (χ0) is 14.8. The van der Waals surface area contributed by atoms with E-state index in [4.69, 9.17) is 5.11 Å². The molecule has 1 aliphatic heterocycles. The van der Waals surface area contributed by atoms with Crippen molar-refractivity contribution in [2.24, 2.45) is 0 Å². The van der Waals surface area contributed by atoms with E-state index >= 15 is 0 Å². The van der Waals surface area contributed by atoms with Gasteiger partial charge in [0, 0.05) is 18.5 Å². The summed E-state index contributed by atoms with van der Waals surface area (Å²) in [5.41, 5.74) is -0.317. The number of β-amino-alcohol motifs (C(OH)–C–C–N with tert-alkyl or cyclic N) is 1.